The highest BCUT2D eigenvalue weighted by atomic mass is 16.6. The van der Waals surface area contributed by atoms with Gasteiger partial charge in [0.2, 0.25) is 0 Å². The Morgan fingerprint density at radius 1 is 1.26 bits per heavy atom. The molecular formula is C20H24N2O5. The molecule has 0 saturated carbocycles. The molecular weight excluding hydrogens is 348 g/mol. The minimum atomic E-state index is -0.797. The molecule has 1 heterocycles. The van der Waals surface area contributed by atoms with Crippen LogP contribution in [0, 0.1) is 10.1 Å². The first-order valence-electron chi connectivity index (χ1n) is 8.85. The van der Waals surface area contributed by atoms with Crippen LogP contribution in [-0.4, -0.2) is 42.2 Å². The number of benzene rings is 2. The van der Waals surface area contributed by atoms with Crippen LogP contribution < -0.4 is 9.47 Å². The van der Waals surface area contributed by atoms with E-state index in [0.29, 0.717) is 23.6 Å². The molecule has 0 aliphatic carbocycles. The smallest absolute Gasteiger partial charge is 0.269 e. The molecule has 2 atom stereocenters. The van der Waals surface area contributed by atoms with Crippen molar-refractivity contribution in [2.24, 2.45) is 0 Å². The summed E-state index contributed by atoms with van der Waals surface area (Å²) >= 11 is 0. The van der Waals surface area contributed by atoms with Gasteiger partial charge in [-0.3, -0.25) is 15.0 Å². The molecule has 0 amide bonds. The summed E-state index contributed by atoms with van der Waals surface area (Å²) in [6.45, 7) is 3.27. The molecule has 0 spiro atoms. The molecule has 1 aliphatic rings. The third-order valence-corrected chi connectivity index (χ3v) is 5.18. The number of hydrogen-bond acceptors (Lipinski definition) is 6. The second kappa shape index (κ2) is 7.94. The van der Waals surface area contributed by atoms with E-state index >= 15 is 0 Å². The lowest BCUT2D eigenvalue weighted by molar-refractivity contribution is -0.385. The van der Waals surface area contributed by atoms with Gasteiger partial charge in [0, 0.05) is 31.3 Å². The summed E-state index contributed by atoms with van der Waals surface area (Å²) in [4.78, 5) is 12.7. The molecule has 27 heavy (non-hydrogen) atoms. The fraction of sp³-hybridized carbons (Fsp3) is 0.400. The van der Waals surface area contributed by atoms with Crippen molar-refractivity contribution in [2.75, 3.05) is 27.3 Å². The maximum absolute atomic E-state index is 11.0. The summed E-state index contributed by atoms with van der Waals surface area (Å²) in [5.41, 5.74) is 2.89. The Morgan fingerprint density at radius 3 is 2.63 bits per heavy atom. The van der Waals surface area contributed by atoms with E-state index in [1.807, 2.05) is 12.1 Å². The summed E-state index contributed by atoms with van der Waals surface area (Å²) < 4.78 is 10.8. The van der Waals surface area contributed by atoms with Gasteiger partial charge in [0.05, 0.1) is 25.2 Å². The van der Waals surface area contributed by atoms with Crippen molar-refractivity contribution >= 4 is 5.69 Å². The van der Waals surface area contributed by atoms with E-state index in [-0.39, 0.29) is 11.7 Å². The maximum atomic E-state index is 11.0. The molecule has 7 heteroatoms. The van der Waals surface area contributed by atoms with Gasteiger partial charge in [0.15, 0.2) is 11.5 Å². The zero-order valence-electron chi connectivity index (χ0n) is 15.7. The van der Waals surface area contributed by atoms with Gasteiger partial charge in [-0.2, -0.15) is 0 Å². The summed E-state index contributed by atoms with van der Waals surface area (Å²) in [7, 11) is 3.24. The van der Waals surface area contributed by atoms with Gasteiger partial charge in [-0.1, -0.05) is 12.1 Å². The van der Waals surface area contributed by atoms with Gasteiger partial charge in [0.25, 0.3) is 5.69 Å². The Morgan fingerprint density at radius 2 is 1.96 bits per heavy atom. The molecule has 2 aromatic carbocycles. The molecule has 0 fully saturated rings. The number of fused-ring (bicyclic) bond motifs is 1. The molecule has 0 saturated heterocycles. The van der Waals surface area contributed by atoms with E-state index in [4.69, 9.17) is 9.47 Å². The van der Waals surface area contributed by atoms with Crippen LogP contribution in [0.2, 0.25) is 0 Å². The predicted octanol–water partition coefficient (Wildman–Crippen LogP) is 3.26. The van der Waals surface area contributed by atoms with E-state index in [1.54, 1.807) is 26.4 Å². The summed E-state index contributed by atoms with van der Waals surface area (Å²) in [5, 5.41) is 21.6. The first-order valence-corrected chi connectivity index (χ1v) is 8.85. The number of aliphatic hydroxyl groups is 1. The fourth-order valence-corrected chi connectivity index (χ4v) is 3.62. The normalized spacial score (nSPS) is 17.9. The molecule has 7 nitrogen and oxygen atoms in total. The van der Waals surface area contributed by atoms with Crippen LogP contribution in [0.3, 0.4) is 0 Å². The average molecular weight is 372 g/mol. The van der Waals surface area contributed by atoms with E-state index in [1.165, 1.54) is 17.7 Å². The molecule has 144 valence electrons. The quantitative estimate of drug-likeness (QED) is 0.619. The van der Waals surface area contributed by atoms with E-state index in [2.05, 4.69) is 11.8 Å². The number of nitro benzene ring substituents is 1. The summed E-state index contributed by atoms with van der Waals surface area (Å²) in [6, 6.07) is 10.3. The third kappa shape index (κ3) is 3.89. The van der Waals surface area contributed by atoms with Crippen LogP contribution >= 0.6 is 0 Å². The van der Waals surface area contributed by atoms with Crippen LogP contribution in [0.5, 0.6) is 11.5 Å². The van der Waals surface area contributed by atoms with Crippen LogP contribution in [0.15, 0.2) is 36.4 Å². The number of non-ortho nitro benzene ring substituents is 1. The Labute approximate surface area is 158 Å². The molecule has 3 rings (SSSR count). The highest BCUT2D eigenvalue weighted by Gasteiger charge is 2.28. The largest absolute Gasteiger partial charge is 0.493 e. The van der Waals surface area contributed by atoms with Gasteiger partial charge in [0.1, 0.15) is 0 Å². The number of ether oxygens (including phenoxy) is 2. The number of rotatable bonds is 6. The fourth-order valence-electron chi connectivity index (χ4n) is 3.62. The number of nitro groups is 1. The highest BCUT2D eigenvalue weighted by Crippen LogP contribution is 2.38. The van der Waals surface area contributed by atoms with Gasteiger partial charge in [-0.05, 0) is 42.2 Å². The maximum Gasteiger partial charge on any atom is 0.269 e. The summed E-state index contributed by atoms with van der Waals surface area (Å²) in [5.74, 6) is 1.40. The van der Waals surface area contributed by atoms with E-state index in [9.17, 15) is 15.2 Å². The molecule has 0 bridgehead atoms. The molecule has 2 aromatic rings. The van der Waals surface area contributed by atoms with Crippen molar-refractivity contribution in [3.63, 3.8) is 0 Å². The Hall–Kier alpha value is -2.64. The molecule has 0 aromatic heterocycles. The van der Waals surface area contributed by atoms with Crippen molar-refractivity contribution in [1.82, 2.24) is 4.90 Å². The van der Waals surface area contributed by atoms with Crippen molar-refractivity contribution in [3.05, 3.63) is 63.2 Å². The predicted molar refractivity (Wildman–Crippen MR) is 101 cm³/mol. The number of nitrogens with zero attached hydrogens (tertiary/aromatic N) is 2. The SMILES string of the molecule is COc1cc2c(cc1OC)[C@@H](C)N(C[C@H](O)c1cccc([N+](=O)[O-])c1)CC2. The third-order valence-electron chi connectivity index (χ3n) is 5.18. The topological polar surface area (TPSA) is 85.1 Å². The molecule has 0 radical (unpaired) electrons. The van der Waals surface area contributed by atoms with Gasteiger partial charge in [-0.25, -0.2) is 0 Å². The molecule has 0 unspecified atom stereocenters. The minimum absolute atomic E-state index is 0.0135. The Balaban J connectivity index is 1.80. The zero-order valence-corrected chi connectivity index (χ0v) is 15.7. The first kappa shape index (κ1) is 19.1. The number of hydrogen-bond donors (Lipinski definition) is 1. The lowest BCUT2D eigenvalue weighted by Gasteiger charge is -2.36. The highest BCUT2D eigenvalue weighted by molar-refractivity contribution is 5.49. The van der Waals surface area contributed by atoms with E-state index in [0.717, 1.165) is 18.5 Å². The lowest BCUT2D eigenvalue weighted by atomic mass is 9.92. The van der Waals surface area contributed by atoms with Gasteiger partial charge >= 0.3 is 0 Å². The number of methoxy groups -OCH3 is 2. The zero-order chi connectivity index (χ0) is 19.6. The lowest BCUT2D eigenvalue weighted by Crippen LogP contribution is -2.37. The van der Waals surface area contributed by atoms with Crippen LogP contribution in [0.4, 0.5) is 5.69 Å². The van der Waals surface area contributed by atoms with Crippen LogP contribution in [0.25, 0.3) is 0 Å². The van der Waals surface area contributed by atoms with Crippen LogP contribution in [-0.2, 0) is 6.42 Å². The summed E-state index contributed by atoms with van der Waals surface area (Å²) in [6.07, 6.45) is 0.0378. The minimum Gasteiger partial charge on any atom is -0.493 e. The second-order valence-corrected chi connectivity index (χ2v) is 6.69. The number of β-amino-alcohol motifs (C(OH)–C–C–N with tert-alkyl or cyclic N) is 1. The van der Waals surface area contributed by atoms with Crippen molar-refractivity contribution in [3.8, 4) is 11.5 Å². The van der Waals surface area contributed by atoms with Crippen molar-refractivity contribution < 1.29 is 19.5 Å². The first-order chi connectivity index (χ1) is 12.9. The Kier molecular flexibility index (Phi) is 5.62. The van der Waals surface area contributed by atoms with E-state index < -0.39 is 11.0 Å². The standard InChI is InChI=1S/C20H24N2O5/c1-13-17-11-20(27-3)19(26-2)10-14(17)7-8-21(13)12-18(23)15-5-4-6-16(9-15)22(24)25/h4-6,9-11,13,18,23H,7-8,12H2,1-3H3/t13-,18+/m1/s1. The van der Waals surface area contributed by atoms with Crippen molar-refractivity contribution in [2.45, 2.75) is 25.5 Å². The molecule has 1 N–H and O–H groups in total. The average Bonchev–Trinajstić information content (AvgIpc) is 2.69. The monoisotopic (exact) mass is 372 g/mol. The van der Waals surface area contributed by atoms with Gasteiger partial charge in [-0.15, -0.1) is 0 Å². The Bertz CT molecular complexity index is 839. The number of aliphatic hydroxyl groups excluding tert-OH is 1. The second-order valence-electron chi connectivity index (χ2n) is 6.69. The van der Waals surface area contributed by atoms with Gasteiger partial charge < -0.3 is 14.6 Å². The molecule has 1 aliphatic heterocycles. The van der Waals surface area contributed by atoms with Crippen molar-refractivity contribution in [1.29, 1.82) is 0 Å². The van der Waals surface area contributed by atoms with Crippen LogP contribution in [0.1, 0.15) is 35.8 Å².